The van der Waals surface area contributed by atoms with E-state index in [9.17, 15) is 13.2 Å². The van der Waals surface area contributed by atoms with Gasteiger partial charge in [0.25, 0.3) is 0 Å². The summed E-state index contributed by atoms with van der Waals surface area (Å²) < 4.78 is 39.1. The summed E-state index contributed by atoms with van der Waals surface area (Å²) in [5.41, 5.74) is 2.36. The Hall–Kier alpha value is -0.750. The van der Waals surface area contributed by atoms with E-state index in [1.54, 1.807) is 6.07 Å². The molecule has 0 bridgehead atoms. The van der Waals surface area contributed by atoms with Gasteiger partial charge in [0.1, 0.15) is 0 Å². The molecule has 0 atom stereocenters. The van der Waals surface area contributed by atoms with Gasteiger partial charge in [-0.15, -0.1) is 0 Å². The number of rotatable bonds is 2. The van der Waals surface area contributed by atoms with Gasteiger partial charge in [0.2, 0.25) is 0 Å². The molecule has 2 rings (SSSR count). The molecule has 0 saturated carbocycles. The highest BCUT2D eigenvalue weighted by Crippen LogP contribution is 2.36. The van der Waals surface area contributed by atoms with Crippen molar-refractivity contribution in [2.24, 2.45) is 0 Å². The first kappa shape index (κ1) is 13.7. The van der Waals surface area contributed by atoms with Gasteiger partial charge < -0.3 is 5.43 Å². The second kappa shape index (κ2) is 5.48. The fraction of sp³-hybridized carbons (Fsp3) is 0.500. The molecule has 0 radical (unpaired) electrons. The van der Waals surface area contributed by atoms with Crippen molar-refractivity contribution in [3.05, 3.63) is 28.2 Å². The molecule has 0 spiro atoms. The van der Waals surface area contributed by atoms with Crippen molar-refractivity contribution in [2.75, 3.05) is 18.5 Å². The summed E-state index contributed by atoms with van der Waals surface area (Å²) in [5.74, 6) is 0. The van der Waals surface area contributed by atoms with E-state index >= 15 is 0 Å². The van der Waals surface area contributed by atoms with Crippen molar-refractivity contribution >= 4 is 21.6 Å². The van der Waals surface area contributed by atoms with Crippen LogP contribution in [0.5, 0.6) is 0 Å². The van der Waals surface area contributed by atoms with Gasteiger partial charge in [-0.1, -0.05) is 22.4 Å². The molecule has 6 heteroatoms. The van der Waals surface area contributed by atoms with Gasteiger partial charge in [-0.25, -0.2) is 5.01 Å². The molecular formula is C12H14BrF3N2. The first-order valence-corrected chi connectivity index (χ1v) is 6.64. The average molecular weight is 323 g/mol. The molecule has 1 saturated heterocycles. The quantitative estimate of drug-likeness (QED) is 0.874. The number of halogens is 4. The number of piperidine rings is 1. The first-order chi connectivity index (χ1) is 8.47. The van der Waals surface area contributed by atoms with Crippen molar-refractivity contribution in [2.45, 2.75) is 25.4 Å². The fourth-order valence-corrected chi connectivity index (χ4v) is 2.39. The van der Waals surface area contributed by atoms with Crippen LogP contribution >= 0.6 is 15.9 Å². The molecule has 1 N–H and O–H groups in total. The fourth-order valence-electron chi connectivity index (χ4n) is 2.02. The zero-order chi connectivity index (χ0) is 13.2. The van der Waals surface area contributed by atoms with Crippen molar-refractivity contribution in [1.29, 1.82) is 0 Å². The zero-order valence-electron chi connectivity index (χ0n) is 9.73. The average Bonchev–Trinajstić information content (AvgIpc) is 2.31. The summed E-state index contributed by atoms with van der Waals surface area (Å²) in [4.78, 5) is 0. The Morgan fingerprint density at radius 1 is 1.11 bits per heavy atom. The summed E-state index contributed by atoms with van der Waals surface area (Å²) in [5, 5.41) is 1.85. The summed E-state index contributed by atoms with van der Waals surface area (Å²) >= 11 is 3.07. The van der Waals surface area contributed by atoms with Gasteiger partial charge in [0, 0.05) is 17.6 Å². The lowest BCUT2D eigenvalue weighted by atomic mass is 10.1. The molecule has 1 heterocycles. The van der Waals surface area contributed by atoms with E-state index in [1.165, 1.54) is 6.07 Å². The van der Waals surface area contributed by atoms with Crippen LogP contribution in [-0.2, 0) is 6.18 Å². The Kier molecular flexibility index (Phi) is 4.17. The van der Waals surface area contributed by atoms with Crippen LogP contribution in [0.1, 0.15) is 24.8 Å². The van der Waals surface area contributed by atoms with E-state index in [4.69, 9.17) is 0 Å². The van der Waals surface area contributed by atoms with Crippen LogP contribution in [-0.4, -0.2) is 18.1 Å². The molecule has 1 aliphatic heterocycles. The molecule has 0 unspecified atom stereocenters. The van der Waals surface area contributed by atoms with E-state index in [0.717, 1.165) is 38.4 Å². The Morgan fingerprint density at radius 2 is 1.78 bits per heavy atom. The van der Waals surface area contributed by atoms with Crippen LogP contribution in [0.4, 0.5) is 18.9 Å². The topological polar surface area (TPSA) is 15.3 Å². The van der Waals surface area contributed by atoms with Gasteiger partial charge in [-0.2, -0.15) is 13.2 Å². The number of alkyl halides is 3. The minimum absolute atomic E-state index is 0.118. The molecule has 1 aromatic carbocycles. The molecule has 0 aromatic heterocycles. The lowest BCUT2D eigenvalue weighted by molar-refractivity contribution is -0.137. The Morgan fingerprint density at radius 3 is 2.39 bits per heavy atom. The molecule has 18 heavy (non-hydrogen) atoms. The number of hydrazine groups is 1. The number of anilines is 1. The summed E-state index contributed by atoms with van der Waals surface area (Å²) in [6, 6.07) is 4.18. The van der Waals surface area contributed by atoms with E-state index in [2.05, 4.69) is 21.4 Å². The number of benzene rings is 1. The monoisotopic (exact) mass is 322 g/mol. The predicted octanol–water partition coefficient (Wildman–Crippen LogP) is 4.28. The van der Waals surface area contributed by atoms with Gasteiger partial charge in [0.05, 0.1) is 11.3 Å². The van der Waals surface area contributed by atoms with E-state index in [0.29, 0.717) is 4.47 Å². The van der Waals surface area contributed by atoms with Crippen LogP contribution in [0.3, 0.4) is 0 Å². The van der Waals surface area contributed by atoms with E-state index < -0.39 is 11.7 Å². The molecule has 0 aliphatic carbocycles. The molecule has 0 amide bonds. The molecule has 2 nitrogen and oxygen atoms in total. The Labute approximate surface area is 112 Å². The summed E-state index contributed by atoms with van der Waals surface area (Å²) in [7, 11) is 0. The van der Waals surface area contributed by atoms with Crippen LogP contribution in [0.15, 0.2) is 22.7 Å². The number of hydrogen-bond donors (Lipinski definition) is 1. The SMILES string of the molecule is FC(F)(F)c1cc(Br)ccc1NN1CCCCC1. The first-order valence-electron chi connectivity index (χ1n) is 5.85. The Bertz CT molecular complexity index is 414. The zero-order valence-corrected chi connectivity index (χ0v) is 11.3. The second-order valence-corrected chi connectivity index (χ2v) is 5.26. The molecule has 1 aliphatic rings. The normalized spacial score (nSPS) is 17.8. The Balaban J connectivity index is 2.21. The highest BCUT2D eigenvalue weighted by atomic mass is 79.9. The van der Waals surface area contributed by atoms with E-state index in [-0.39, 0.29) is 5.69 Å². The van der Waals surface area contributed by atoms with Crippen molar-refractivity contribution in [3.8, 4) is 0 Å². The van der Waals surface area contributed by atoms with Crippen molar-refractivity contribution in [1.82, 2.24) is 5.01 Å². The highest BCUT2D eigenvalue weighted by molar-refractivity contribution is 9.10. The van der Waals surface area contributed by atoms with Crippen LogP contribution < -0.4 is 5.43 Å². The smallest absolute Gasteiger partial charge is 0.318 e. The number of hydrogen-bond acceptors (Lipinski definition) is 2. The number of nitrogens with zero attached hydrogens (tertiary/aromatic N) is 1. The van der Waals surface area contributed by atoms with Gasteiger partial charge in [-0.05, 0) is 31.0 Å². The second-order valence-electron chi connectivity index (χ2n) is 4.35. The van der Waals surface area contributed by atoms with Gasteiger partial charge in [-0.3, -0.25) is 0 Å². The van der Waals surface area contributed by atoms with Crippen LogP contribution in [0.25, 0.3) is 0 Å². The van der Waals surface area contributed by atoms with Crippen LogP contribution in [0, 0.1) is 0 Å². The van der Waals surface area contributed by atoms with Gasteiger partial charge in [0.15, 0.2) is 0 Å². The maximum atomic E-state index is 12.9. The lowest BCUT2D eigenvalue weighted by Gasteiger charge is -2.29. The van der Waals surface area contributed by atoms with Gasteiger partial charge >= 0.3 is 6.18 Å². The maximum absolute atomic E-state index is 12.9. The standard InChI is InChI=1S/C12H14BrF3N2/c13-9-4-5-11(10(8-9)12(14,15)16)17-18-6-2-1-3-7-18/h4-5,8,17H,1-3,6-7H2. The molecule has 100 valence electrons. The highest BCUT2D eigenvalue weighted by Gasteiger charge is 2.34. The summed E-state index contributed by atoms with van der Waals surface area (Å²) in [6.07, 6.45) is -1.16. The molecule has 1 fully saturated rings. The lowest BCUT2D eigenvalue weighted by Crippen LogP contribution is -2.35. The molecule has 1 aromatic rings. The van der Waals surface area contributed by atoms with Crippen LogP contribution in [0.2, 0.25) is 0 Å². The summed E-state index contributed by atoms with van der Waals surface area (Å²) in [6.45, 7) is 1.57. The minimum atomic E-state index is -4.35. The third-order valence-electron chi connectivity index (χ3n) is 2.92. The third-order valence-corrected chi connectivity index (χ3v) is 3.41. The van der Waals surface area contributed by atoms with Crippen molar-refractivity contribution in [3.63, 3.8) is 0 Å². The van der Waals surface area contributed by atoms with E-state index in [1.807, 2.05) is 5.01 Å². The molecular weight excluding hydrogens is 309 g/mol. The predicted molar refractivity (Wildman–Crippen MR) is 68.2 cm³/mol. The largest absolute Gasteiger partial charge is 0.418 e. The minimum Gasteiger partial charge on any atom is -0.318 e. The maximum Gasteiger partial charge on any atom is 0.418 e. The number of nitrogens with one attached hydrogen (secondary N) is 1. The van der Waals surface area contributed by atoms with Crippen molar-refractivity contribution < 1.29 is 13.2 Å². The third kappa shape index (κ3) is 3.38.